The molecule has 12 heteroatoms. The van der Waals surface area contributed by atoms with Crippen molar-refractivity contribution in [2.75, 3.05) is 0 Å². The van der Waals surface area contributed by atoms with Gasteiger partial charge in [-0.25, -0.2) is 15.2 Å². The van der Waals surface area contributed by atoms with Gasteiger partial charge >= 0.3 is 5.97 Å². The molecule has 216 valence electrons. The lowest BCUT2D eigenvalue weighted by Gasteiger charge is -2.31. The highest BCUT2D eigenvalue weighted by atomic mass is 35.5. The minimum Gasteiger partial charge on any atom is -0.508 e. The lowest BCUT2D eigenvalue weighted by Crippen LogP contribution is -2.44. The van der Waals surface area contributed by atoms with Crippen LogP contribution in [0.5, 0.6) is 5.75 Å². The molecular weight excluding hydrogens is 562 g/mol. The number of aromatic nitrogens is 2. The van der Waals surface area contributed by atoms with E-state index in [-0.39, 0.29) is 60.8 Å². The third-order valence-electron chi connectivity index (χ3n) is 7.74. The molecule has 42 heavy (non-hydrogen) atoms. The van der Waals surface area contributed by atoms with E-state index in [4.69, 9.17) is 15.5 Å². The van der Waals surface area contributed by atoms with Crippen LogP contribution in [-0.4, -0.2) is 43.9 Å². The summed E-state index contributed by atoms with van der Waals surface area (Å²) in [5, 5.41) is 25.5. The first kappa shape index (κ1) is 28.9. The summed E-state index contributed by atoms with van der Waals surface area (Å²) in [4.78, 5) is 43.5. The molecule has 4 heterocycles. The molecule has 2 aliphatic heterocycles. The molecule has 0 aliphatic carbocycles. The first-order valence-corrected chi connectivity index (χ1v) is 13.2. The number of amides is 1. The van der Waals surface area contributed by atoms with Gasteiger partial charge in [0.25, 0.3) is 11.5 Å². The number of phenolic OH excluding ortho intramolecular Hbond substituents is 1. The van der Waals surface area contributed by atoms with Crippen molar-refractivity contribution in [3.63, 3.8) is 0 Å². The van der Waals surface area contributed by atoms with Gasteiger partial charge in [-0.05, 0) is 42.7 Å². The monoisotopic (exact) mass is 589 g/mol. The normalized spacial score (nSPS) is 17.6. The first-order valence-electron chi connectivity index (χ1n) is 13.2. The molecule has 2 aromatic heterocycles. The summed E-state index contributed by atoms with van der Waals surface area (Å²) in [5.41, 5.74) is 10.6. The summed E-state index contributed by atoms with van der Waals surface area (Å²) < 4.78 is 6.70. The quantitative estimate of drug-likeness (QED) is 0.133. The van der Waals surface area contributed by atoms with Crippen LogP contribution in [-0.2, 0) is 39.5 Å². The zero-order valence-corrected chi connectivity index (χ0v) is 23.4. The smallest absolute Gasteiger partial charge is 0.343 e. The molecule has 1 unspecified atom stereocenters. The van der Waals surface area contributed by atoms with Gasteiger partial charge in [-0.2, -0.15) is 5.10 Å². The molecule has 0 bridgehead atoms. The number of carbonyl (C=O) groups is 2. The number of phenols is 1. The minimum atomic E-state index is -1.92. The topological polar surface area (TPSA) is 169 Å². The van der Waals surface area contributed by atoms with Crippen LogP contribution >= 0.6 is 12.4 Å². The Morgan fingerprint density at radius 1 is 1.21 bits per heavy atom. The van der Waals surface area contributed by atoms with Crippen LogP contribution in [0.4, 0.5) is 0 Å². The fourth-order valence-electron chi connectivity index (χ4n) is 5.43. The summed E-state index contributed by atoms with van der Waals surface area (Å²) in [6, 6.07) is 14.6. The molecule has 0 saturated carbocycles. The van der Waals surface area contributed by atoms with Crippen molar-refractivity contribution in [2.24, 2.45) is 10.8 Å². The number of cyclic esters (lactones) is 1. The Hall–Kier alpha value is -4.58. The van der Waals surface area contributed by atoms with E-state index in [1.807, 2.05) is 24.3 Å². The fourth-order valence-corrected chi connectivity index (χ4v) is 5.43. The van der Waals surface area contributed by atoms with Gasteiger partial charge < -0.3 is 25.3 Å². The number of ether oxygens (including phenoxy) is 1. The molecule has 0 saturated heterocycles. The Kier molecular flexibility index (Phi) is 7.58. The number of pyridine rings is 2. The molecule has 5 N–H and O–H groups in total. The average molecular weight is 590 g/mol. The van der Waals surface area contributed by atoms with Crippen molar-refractivity contribution in [1.82, 2.24) is 15.0 Å². The third kappa shape index (κ3) is 4.71. The maximum Gasteiger partial charge on any atom is 0.343 e. The van der Waals surface area contributed by atoms with Gasteiger partial charge in [-0.3, -0.25) is 9.59 Å². The molecule has 2 aromatic carbocycles. The van der Waals surface area contributed by atoms with Crippen LogP contribution in [0.15, 0.2) is 64.5 Å². The van der Waals surface area contributed by atoms with Gasteiger partial charge in [0.1, 0.15) is 12.4 Å². The van der Waals surface area contributed by atoms with E-state index in [0.29, 0.717) is 28.0 Å². The van der Waals surface area contributed by atoms with Gasteiger partial charge in [0.15, 0.2) is 5.60 Å². The number of carbonyl (C=O) groups excluding carboxylic acids is 2. The Bertz CT molecular complexity index is 1820. The molecule has 1 amide bonds. The number of para-hydroxylation sites is 1. The van der Waals surface area contributed by atoms with Gasteiger partial charge in [0, 0.05) is 22.1 Å². The summed E-state index contributed by atoms with van der Waals surface area (Å²) in [7, 11) is 0. The van der Waals surface area contributed by atoms with Crippen molar-refractivity contribution in [1.29, 1.82) is 0 Å². The van der Waals surface area contributed by atoms with E-state index >= 15 is 0 Å². The molecule has 11 nitrogen and oxygen atoms in total. The fraction of sp³-hybridized carbons (Fsp3) is 0.233. The van der Waals surface area contributed by atoms with E-state index in [9.17, 15) is 24.6 Å². The standard InChI is InChI=1S/C30H27N5O6.ClH/c1-2-30(40)22-12-25-26-20(14-35(25)28(38)21(22)15-41-29(30)39)19(18-5-3-4-6-24(18)33-26)13-32-34-27(37)23(31)11-16-7-9-17(36)10-8-16;/h3-10,12-13,23,36,40H,2,11,14-15,31H2,1H3,(H,34,37);1H/b32-13+;/t23?,30-;/m0./s1. The molecule has 6 rings (SSSR count). The van der Waals surface area contributed by atoms with Gasteiger partial charge in [0.2, 0.25) is 0 Å². The van der Waals surface area contributed by atoms with Crippen molar-refractivity contribution >= 4 is 41.4 Å². The largest absolute Gasteiger partial charge is 0.508 e. The van der Waals surface area contributed by atoms with Gasteiger partial charge in [-0.1, -0.05) is 37.3 Å². The number of nitrogens with one attached hydrogen (secondary N) is 1. The van der Waals surface area contributed by atoms with Crippen molar-refractivity contribution in [3.8, 4) is 17.1 Å². The second kappa shape index (κ2) is 11.0. The van der Waals surface area contributed by atoms with E-state index in [1.165, 1.54) is 18.3 Å². The minimum absolute atomic E-state index is 0. The van der Waals surface area contributed by atoms with E-state index in [2.05, 4.69) is 10.5 Å². The van der Waals surface area contributed by atoms with Crippen LogP contribution in [0.1, 0.15) is 41.2 Å². The zero-order chi connectivity index (χ0) is 28.9. The number of benzene rings is 2. The SMILES string of the molecule is CC[C@@]1(O)C(=O)OCc2c1cc1n(c2=O)Cc2c-1nc1ccccc1c2/C=N/NC(=O)C(N)Cc1ccc(O)cc1.Cl. The Labute approximate surface area is 246 Å². The number of nitrogens with zero attached hydrogens (tertiary/aromatic N) is 3. The molecular formula is C30H28ClN5O6. The molecule has 0 fully saturated rings. The molecule has 0 radical (unpaired) electrons. The highest BCUT2D eigenvalue weighted by Crippen LogP contribution is 2.39. The Balaban J connectivity index is 0.00000353. The van der Waals surface area contributed by atoms with Crippen LogP contribution in [0, 0.1) is 0 Å². The van der Waals surface area contributed by atoms with Crippen molar-refractivity contribution in [3.05, 3.63) is 92.8 Å². The predicted molar refractivity (Wildman–Crippen MR) is 157 cm³/mol. The summed E-state index contributed by atoms with van der Waals surface area (Å²) in [6.07, 6.45) is 1.82. The third-order valence-corrected chi connectivity index (χ3v) is 7.74. The highest BCUT2D eigenvalue weighted by Gasteiger charge is 2.45. The highest BCUT2D eigenvalue weighted by molar-refractivity contribution is 6.02. The lowest BCUT2D eigenvalue weighted by molar-refractivity contribution is -0.172. The number of esters is 1. The second-order valence-corrected chi connectivity index (χ2v) is 10.2. The number of halogens is 1. The summed E-state index contributed by atoms with van der Waals surface area (Å²) in [5.74, 6) is -1.14. The van der Waals surface area contributed by atoms with Crippen LogP contribution < -0.4 is 16.7 Å². The summed E-state index contributed by atoms with van der Waals surface area (Å²) in [6.45, 7) is 1.62. The van der Waals surface area contributed by atoms with Gasteiger partial charge in [-0.15, -0.1) is 12.4 Å². The summed E-state index contributed by atoms with van der Waals surface area (Å²) >= 11 is 0. The van der Waals surface area contributed by atoms with E-state index in [0.717, 1.165) is 10.9 Å². The average Bonchev–Trinajstić information content (AvgIpc) is 3.34. The number of hydrogen-bond acceptors (Lipinski definition) is 9. The second-order valence-electron chi connectivity index (χ2n) is 10.2. The molecule has 2 atom stereocenters. The number of hydrogen-bond donors (Lipinski definition) is 4. The van der Waals surface area contributed by atoms with Crippen molar-refractivity contribution < 1.29 is 24.5 Å². The van der Waals surface area contributed by atoms with E-state index < -0.39 is 23.5 Å². The van der Waals surface area contributed by atoms with Crippen LogP contribution in [0.2, 0.25) is 0 Å². The number of rotatable bonds is 6. The molecule has 0 spiro atoms. The van der Waals surface area contributed by atoms with Gasteiger partial charge in [0.05, 0.1) is 41.3 Å². The maximum atomic E-state index is 13.6. The number of hydrazone groups is 1. The van der Waals surface area contributed by atoms with E-state index in [1.54, 1.807) is 29.7 Å². The molecule has 2 aliphatic rings. The predicted octanol–water partition coefficient (Wildman–Crippen LogP) is 2.23. The number of aromatic hydroxyl groups is 1. The number of fused-ring (bicyclic) bond motifs is 5. The van der Waals surface area contributed by atoms with Crippen molar-refractivity contribution in [2.45, 2.75) is 44.6 Å². The lowest BCUT2D eigenvalue weighted by atomic mass is 9.86. The number of aliphatic hydroxyl groups is 1. The Morgan fingerprint density at radius 2 is 1.95 bits per heavy atom. The maximum absolute atomic E-state index is 13.6. The first-order chi connectivity index (χ1) is 19.7. The number of nitrogens with two attached hydrogens (primary N) is 1. The van der Waals surface area contributed by atoms with Crippen LogP contribution in [0.25, 0.3) is 22.3 Å². The van der Waals surface area contributed by atoms with Crippen LogP contribution in [0.3, 0.4) is 0 Å². The zero-order valence-electron chi connectivity index (χ0n) is 22.5. The molecule has 4 aromatic rings. The Morgan fingerprint density at radius 3 is 2.69 bits per heavy atom.